The predicted molar refractivity (Wildman–Crippen MR) is 81.9 cm³/mol. The quantitative estimate of drug-likeness (QED) is 0.763. The highest BCUT2D eigenvalue weighted by molar-refractivity contribution is 5.86. The van der Waals surface area contributed by atoms with E-state index in [9.17, 15) is 10.5 Å². The zero-order valence-corrected chi connectivity index (χ0v) is 11.7. The number of nitrogens with two attached hydrogens (primary N) is 1. The molecule has 0 saturated carbocycles. The number of nitriles is 2. The van der Waals surface area contributed by atoms with Gasteiger partial charge in [0.15, 0.2) is 5.65 Å². The van der Waals surface area contributed by atoms with Gasteiger partial charge in [-0.2, -0.15) is 10.5 Å². The van der Waals surface area contributed by atoms with Gasteiger partial charge < -0.3 is 10.8 Å². The first-order chi connectivity index (χ1) is 10.7. The summed E-state index contributed by atoms with van der Waals surface area (Å²) in [5, 5.41) is 28.0. The molecule has 0 amide bonds. The molecule has 0 bridgehead atoms. The van der Waals surface area contributed by atoms with Crippen molar-refractivity contribution in [3.8, 4) is 12.1 Å². The van der Waals surface area contributed by atoms with Crippen LogP contribution in [0, 0.1) is 22.7 Å². The van der Waals surface area contributed by atoms with E-state index in [2.05, 4.69) is 17.1 Å². The molecule has 0 unspecified atom stereocenters. The predicted octanol–water partition coefficient (Wildman–Crippen LogP) is 1.74. The molecule has 3 aromatic rings. The van der Waals surface area contributed by atoms with E-state index >= 15 is 0 Å². The molecule has 108 valence electrons. The van der Waals surface area contributed by atoms with Gasteiger partial charge in [-0.1, -0.05) is 12.1 Å². The number of nitrogens with zero attached hydrogens (tertiary/aromatic N) is 4. The topological polar surface area (TPSA) is 111 Å². The first-order valence-electron chi connectivity index (χ1n) is 6.85. The van der Waals surface area contributed by atoms with E-state index in [0.717, 1.165) is 5.52 Å². The van der Waals surface area contributed by atoms with Crippen LogP contribution in [0.15, 0.2) is 24.3 Å². The lowest BCUT2D eigenvalue weighted by Gasteiger charge is -2.11. The third-order valence-electron chi connectivity index (χ3n) is 3.69. The third-order valence-corrected chi connectivity index (χ3v) is 3.69. The molecule has 0 aliphatic carbocycles. The maximum Gasteiger partial charge on any atom is 0.157 e. The highest BCUT2D eigenvalue weighted by atomic mass is 16.2. The Morgan fingerprint density at radius 3 is 2.59 bits per heavy atom. The number of aliphatic hydroxyl groups excluding tert-OH is 1. The Bertz CT molecular complexity index is 959. The number of aliphatic hydroxyl groups is 1. The number of rotatable bonds is 3. The average Bonchev–Trinajstić information content (AvgIpc) is 2.92. The van der Waals surface area contributed by atoms with Crippen molar-refractivity contribution >= 4 is 22.5 Å². The highest BCUT2D eigenvalue weighted by Gasteiger charge is 2.20. The van der Waals surface area contributed by atoms with Gasteiger partial charge in [-0.3, -0.25) is 4.40 Å². The highest BCUT2D eigenvalue weighted by Crippen LogP contribution is 2.29. The lowest BCUT2D eigenvalue weighted by atomic mass is 9.99. The zero-order valence-electron chi connectivity index (χ0n) is 11.7. The van der Waals surface area contributed by atoms with Crippen molar-refractivity contribution in [2.45, 2.75) is 12.8 Å². The van der Waals surface area contributed by atoms with E-state index in [1.165, 1.54) is 0 Å². The molecule has 22 heavy (non-hydrogen) atoms. The van der Waals surface area contributed by atoms with Crippen molar-refractivity contribution in [1.29, 1.82) is 10.5 Å². The van der Waals surface area contributed by atoms with Crippen LogP contribution in [-0.2, 0) is 6.42 Å². The van der Waals surface area contributed by atoms with Crippen molar-refractivity contribution in [3.63, 3.8) is 0 Å². The van der Waals surface area contributed by atoms with Crippen LogP contribution in [0.2, 0.25) is 0 Å². The molecule has 0 atom stereocenters. The fourth-order valence-corrected chi connectivity index (χ4v) is 2.71. The summed E-state index contributed by atoms with van der Waals surface area (Å²) in [7, 11) is 0. The van der Waals surface area contributed by atoms with Crippen LogP contribution < -0.4 is 5.73 Å². The molecule has 0 saturated heterocycles. The van der Waals surface area contributed by atoms with Crippen LogP contribution in [0.4, 0.5) is 5.82 Å². The molecule has 2 aromatic heterocycles. The molecule has 0 radical (unpaired) electrons. The SMILES string of the molecule is N#Cc1c(CCCO)c(C#N)c2nc3ccccc3n2c1N. The summed E-state index contributed by atoms with van der Waals surface area (Å²) in [4.78, 5) is 4.48. The number of pyridine rings is 1. The van der Waals surface area contributed by atoms with E-state index in [1.807, 2.05) is 24.3 Å². The molecular weight excluding hydrogens is 278 g/mol. The Morgan fingerprint density at radius 2 is 1.91 bits per heavy atom. The molecule has 0 aliphatic rings. The molecular formula is C16H13N5O. The van der Waals surface area contributed by atoms with E-state index in [0.29, 0.717) is 35.1 Å². The van der Waals surface area contributed by atoms with Gasteiger partial charge in [0.25, 0.3) is 0 Å². The van der Waals surface area contributed by atoms with E-state index in [4.69, 9.17) is 10.8 Å². The minimum Gasteiger partial charge on any atom is -0.396 e. The smallest absolute Gasteiger partial charge is 0.157 e. The third kappa shape index (κ3) is 1.86. The molecule has 6 nitrogen and oxygen atoms in total. The number of imidazole rings is 1. The second-order valence-electron chi connectivity index (χ2n) is 4.92. The van der Waals surface area contributed by atoms with Gasteiger partial charge in [0.2, 0.25) is 0 Å². The molecule has 3 N–H and O–H groups in total. The summed E-state index contributed by atoms with van der Waals surface area (Å²) in [6, 6.07) is 11.6. The van der Waals surface area contributed by atoms with Crippen molar-refractivity contribution < 1.29 is 5.11 Å². The van der Waals surface area contributed by atoms with Crippen molar-refractivity contribution in [2.75, 3.05) is 12.3 Å². The summed E-state index contributed by atoms with van der Waals surface area (Å²) in [5.41, 5.74) is 9.27. The van der Waals surface area contributed by atoms with Crippen LogP contribution in [0.1, 0.15) is 23.1 Å². The molecule has 0 spiro atoms. The standard InChI is InChI=1S/C16H13N5O/c17-8-11-10(4-3-7-22)12(9-18)16-20-13-5-1-2-6-14(13)21(16)15(11)19/h1-2,5-6,22H,3-4,7,19H2. The van der Waals surface area contributed by atoms with Gasteiger partial charge in [0.1, 0.15) is 18.0 Å². The molecule has 6 heteroatoms. The van der Waals surface area contributed by atoms with Gasteiger partial charge in [0, 0.05) is 6.61 Å². The van der Waals surface area contributed by atoms with Gasteiger partial charge in [-0.25, -0.2) is 4.98 Å². The summed E-state index contributed by atoms with van der Waals surface area (Å²) >= 11 is 0. The summed E-state index contributed by atoms with van der Waals surface area (Å²) in [6.45, 7) is -0.0166. The van der Waals surface area contributed by atoms with Crippen LogP contribution in [0.5, 0.6) is 0 Å². The first kappa shape index (κ1) is 13.9. The monoisotopic (exact) mass is 291 g/mol. The number of para-hydroxylation sites is 2. The van der Waals surface area contributed by atoms with Crippen molar-refractivity contribution in [1.82, 2.24) is 9.38 Å². The summed E-state index contributed by atoms with van der Waals surface area (Å²) in [6.07, 6.45) is 0.866. The van der Waals surface area contributed by atoms with Crippen molar-refractivity contribution in [2.24, 2.45) is 0 Å². The second-order valence-corrected chi connectivity index (χ2v) is 4.92. The molecule has 3 rings (SSSR count). The van der Waals surface area contributed by atoms with Crippen LogP contribution in [0.3, 0.4) is 0 Å². The summed E-state index contributed by atoms with van der Waals surface area (Å²) < 4.78 is 1.65. The molecule has 2 heterocycles. The molecule has 0 fully saturated rings. The number of aromatic nitrogens is 2. The summed E-state index contributed by atoms with van der Waals surface area (Å²) in [5.74, 6) is 0.276. The Kier molecular flexibility index (Phi) is 3.38. The van der Waals surface area contributed by atoms with E-state index in [1.54, 1.807) is 4.40 Å². The van der Waals surface area contributed by atoms with Gasteiger partial charge in [-0.15, -0.1) is 0 Å². The van der Waals surface area contributed by atoms with Crippen LogP contribution in [-0.4, -0.2) is 21.1 Å². The largest absolute Gasteiger partial charge is 0.396 e. The molecule has 1 aromatic carbocycles. The Balaban J connectivity index is 2.49. The normalized spacial score (nSPS) is 10.7. The minimum atomic E-state index is -0.0166. The Labute approximate surface area is 126 Å². The lowest BCUT2D eigenvalue weighted by Crippen LogP contribution is -2.08. The van der Waals surface area contributed by atoms with E-state index in [-0.39, 0.29) is 18.0 Å². The van der Waals surface area contributed by atoms with Crippen molar-refractivity contribution in [3.05, 3.63) is 41.0 Å². The maximum atomic E-state index is 9.54. The maximum absolute atomic E-state index is 9.54. The number of fused-ring (bicyclic) bond motifs is 3. The first-order valence-corrected chi connectivity index (χ1v) is 6.85. The number of nitrogen functional groups attached to an aromatic ring is 1. The number of benzene rings is 1. The number of hydrogen-bond donors (Lipinski definition) is 2. The Morgan fingerprint density at radius 1 is 1.18 bits per heavy atom. The van der Waals surface area contributed by atoms with Gasteiger partial charge in [-0.05, 0) is 30.5 Å². The number of anilines is 1. The van der Waals surface area contributed by atoms with Gasteiger partial charge >= 0.3 is 0 Å². The fraction of sp³-hybridized carbons (Fsp3) is 0.188. The average molecular weight is 291 g/mol. The lowest BCUT2D eigenvalue weighted by molar-refractivity contribution is 0.288. The zero-order chi connectivity index (χ0) is 15.7. The molecule has 0 aliphatic heterocycles. The van der Waals surface area contributed by atoms with Gasteiger partial charge in [0.05, 0.1) is 22.2 Å². The fourth-order valence-electron chi connectivity index (χ4n) is 2.71. The van der Waals surface area contributed by atoms with Crippen LogP contribution in [0.25, 0.3) is 16.7 Å². The minimum absolute atomic E-state index is 0.0166. The Hall–Kier alpha value is -3.09. The number of hydrogen-bond acceptors (Lipinski definition) is 5. The van der Waals surface area contributed by atoms with E-state index < -0.39 is 0 Å². The second kappa shape index (κ2) is 5.36. The van der Waals surface area contributed by atoms with Crippen LogP contribution >= 0.6 is 0 Å².